The Labute approximate surface area is 104 Å². The van der Waals surface area contributed by atoms with Crippen LogP contribution >= 0.6 is 15.9 Å². The molecule has 0 aliphatic heterocycles. The topological polar surface area (TPSA) is 26.0 Å². The maximum Gasteiger partial charge on any atom is 0.123 e. The van der Waals surface area contributed by atoms with Crippen LogP contribution in [0.15, 0.2) is 22.7 Å². The van der Waals surface area contributed by atoms with Gasteiger partial charge in [-0.1, -0.05) is 28.8 Å². The summed E-state index contributed by atoms with van der Waals surface area (Å²) in [5.41, 5.74) is 7.15. The lowest BCUT2D eigenvalue weighted by Crippen LogP contribution is -2.29. The van der Waals surface area contributed by atoms with Gasteiger partial charge in [0.15, 0.2) is 0 Å². The predicted molar refractivity (Wildman–Crippen MR) is 67.8 cm³/mol. The molecule has 2 N–H and O–H groups in total. The van der Waals surface area contributed by atoms with Gasteiger partial charge in [-0.3, -0.25) is 0 Å². The molecule has 1 fully saturated rings. The second kappa shape index (κ2) is 4.84. The van der Waals surface area contributed by atoms with Crippen molar-refractivity contribution in [2.24, 2.45) is 11.1 Å². The van der Waals surface area contributed by atoms with Gasteiger partial charge in [-0.2, -0.15) is 0 Å². The fraction of sp³-hybridized carbons (Fsp3) is 0.538. The van der Waals surface area contributed by atoms with Gasteiger partial charge in [-0.25, -0.2) is 4.39 Å². The van der Waals surface area contributed by atoms with Crippen molar-refractivity contribution in [3.8, 4) is 0 Å². The SMILES string of the molecule is NCC1(Cc2cc(F)ccc2Br)CCCC1. The summed E-state index contributed by atoms with van der Waals surface area (Å²) in [6.45, 7) is 0.704. The van der Waals surface area contributed by atoms with E-state index in [0.717, 1.165) is 16.5 Å². The molecular formula is C13H17BrFN. The first-order valence-electron chi connectivity index (χ1n) is 5.79. The summed E-state index contributed by atoms with van der Waals surface area (Å²) in [6, 6.07) is 4.89. The van der Waals surface area contributed by atoms with Crippen molar-refractivity contribution >= 4 is 15.9 Å². The average molecular weight is 286 g/mol. The summed E-state index contributed by atoms with van der Waals surface area (Å²) in [6.07, 6.45) is 5.75. The molecule has 0 radical (unpaired) electrons. The number of benzene rings is 1. The van der Waals surface area contributed by atoms with Crippen molar-refractivity contribution < 1.29 is 4.39 Å². The van der Waals surface area contributed by atoms with Gasteiger partial charge in [0, 0.05) is 4.47 Å². The summed E-state index contributed by atoms with van der Waals surface area (Å²) < 4.78 is 14.2. The van der Waals surface area contributed by atoms with Crippen molar-refractivity contribution in [1.82, 2.24) is 0 Å². The van der Waals surface area contributed by atoms with E-state index < -0.39 is 0 Å². The molecule has 0 amide bonds. The molecule has 1 nitrogen and oxygen atoms in total. The fourth-order valence-electron chi connectivity index (χ4n) is 2.66. The maximum atomic E-state index is 13.2. The Morgan fingerprint density at radius 2 is 2.00 bits per heavy atom. The molecule has 0 heterocycles. The summed E-state index contributed by atoms with van der Waals surface area (Å²) in [7, 11) is 0. The number of hydrogen-bond donors (Lipinski definition) is 1. The number of halogens is 2. The van der Waals surface area contributed by atoms with Crippen molar-refractivity contribution in [3.63, 3.8) is 0 Å². The van der Waals surface area contributed by atoms with Crippen molar-refractivity contribution in [3.05, 3.63) is 34.1 Å². The quantitative estimate of drug-likeness (QED) is 0.901. The lowest BCUT2D eigenvalue weighted by Gasteiger charge is -2.27. The molecule has 16 heavy (non-hydrogen) atoms. The van der Waals surface area contributed by atoms with E-state index in [1.54, 1.807) is 12.1 Å². The number of rotatable bonds is 3. The predicted octanol–water partition coefficient (Wildman–Crippen LogP) is 3.65. The molecule has 1 aliphatic rings. The van der Waals surface area contributed by atoms with Crippen LogP contribution in [0.4, 0.5) is 4.39 Å². The molecule has 1 aromatic carbocycles. The fourth-order valence-corrected chi connectivity index (χ4v) is 3.05. The molecule has 0 atom stereocenters. The highest BCUT2D eigenvalue weighted by molar-refractivity contribution is 9.10. The van der Waals surface area contributed by atoms with E-state index in [4.69, 9.17) is 5.73 Å². The Morgan fingerprint density at radius 1 is 1.31 bits per heavy atom. The maximum absolute atomic E-state index is 13.2. The van der Waals surface area contributed by atoms with E-state index in [1.807, 2.05) is 0 Å². The van der Waals surface area contributed by atoms with Gasteiger partial charge in [-0.15, -0.1) is 0 Å². The molecule has 3 heteroatoms. The Bertz CT molecular complexity index is 372. The van der Waals surface area contributed by atoms with Crippen molar-refractivity contribution in [2.75, 3.05) is 6.54 Å². The van der Waals surface area contributed by atoms with Gasteiger partial charge in [0.1, 0.15) is 5.82 Å². The van der Waals surface area contributed by atoms with Crippen molar-refractivity contribution in [2.45, 2.75) is 32.1 Å². The molecular weight excluding hydrogens is 269 g/mol. The zero-order valence-electron chi connectivity index (χ0n) is 9.31. The summed E-state index contributed by atoms with van der Waals surface area (Å²) >= 11 is 3.48. The standard InChI is InChI=1S/C13H17BrFN/c14-12-4-3-11(15)7-10(12)8-13(9-16)5-1-2-6-13/h3-4,7H,1-2,5-6,8-9,16H2. The first-order chi connectivity index (χ1) is 7.65. The van der Waals surface area contributed by atoms with Gasteiger partial charge in [0.05, 0.1) is 0 Å². The minimum absolute atomic E-state index is 0.164. The summed E-state index contributed by atoms with van der Waals surface area (Å²) in [5, 5.41) is 0. The smallest absolute Gasteiger partial charge is 0.123 e. The summed E-state index contributed by atoms with van der Waals surface area (Å²) in [4.78, 5) is 0. The van der Waals surface area contributed by atoms with E-state index in [-0.39, 0.29) is 11.2 Å². The third kappa shape index (κ3) is 2.46. The van der Waals surface area contributed by atoms with Crippen molar-refractivity contribution in [1.29, 1.82) is 0 Å². The van der Waals surface area contributed by atoms with Crippen LogP contribution in [-0.2, 0) is 6.42 Å². The Kier molecular flexibility index (Phi) is 3.65. The van der Waals surface area contributed by atoms with Gasteiger partial charge in [0.25, 0.3) is 0 Å². The largest absolute Gasteiger partial charge is 0.330 e. The van der Waals surface area contributed by atoms with Gasteiger partial charge in [0.2, 0.25) is 0 Å². The first kappa shape index (κ1) is 12.1. The zero-order chi connectivity index (χ0) is 11.6. The highest BCUT2D eigenvalue weighted by atomic mass is 79.9. The first-order valence-corrected chi connectivity index (χ1v) is 6.59. The van der Waals surface area contributed by atoms with E-state index in [1.165, 1.54) is 31.7 Å². The molecule has 0 bridgehead atoms. The minimum atomic E-state index is -0.164. The zero-order valence-corrected chi connectivity index (χ0v) is 10.9. The number of nitrogens with two attached hydrogens (primary N) is 1. The monoisotopic (exact) mass is 285 g/mol. The highest BCUT2D eigenvalue weighted by Crippen LogP contribution is 2.41. The second-order valence-electron chi connectivity index (χ2n) is 4.82. The molecule has 88 valence electrons. The molecule has 0 spiro atoms. The lowest BCUT2D eigenvalue weighted by atomic mass is 9.80. The molecule has 0 saturated heterocycles. The normalized spacial score (nSPS) is 18.9. The highest BCUT2D eigenvalue weighted by Gasteiger charge is 2.33. The second-order valence-corrected chi connectivity index (χ2v) is 5.68. The Hall–Kier alpha value is -0.410. The third-order valence-corrected chi connectivity index (χ3v) is 4.44. The molecule has 1 saturated carbocycles. The molecule has 1 aliphatic carbocycles. The molecule has 2 rings (SSSR count). The molecule has 1 aromatic rings. The van der Waals surface area contributed by atoms with E-state index in [9.17, 15) is 4.39 Å². The van der Waals surface area contributed by atoms with Crippen LogP contribution in [0.1, 0.15) is 31.2 Å². The van der Waals surface area contributed by atoms with Gasteiger partial charge >= 0.3 is 0 Å². The Balaban J connectivity index is 2.21. The molecule has 0 unspecified atom stereocenters. The van der Waals surface area contributed by atoms with E-state index in [2.05, 4.69) is 15.9 Å². The molecule has 0 aromatic heterocycles. The van der Waals surface area contributed by atoms with Crippen LogP contribution in [0.3, 0.4) is 0 Å². The van der Waals surface area contributed by atoms with E-state index >= 15 is 0 Å². The van der Waals surface area contributed by atoms with Crippen LogP contribution in [0, 0.1) is 11.2 Å². The Morgan fingerprint density at radius 3 is 2.62 bits per heavy atom. The van der Waals surface area contributed by atoms with Crippen LogP contribution in [0.25, 0.3) is 0 Å². The minimum Gasteiger partial charge on any atom is -0.330 e. The van der Waals surface area contributed by atoms with Crippen LogP contribution in [-0.4, -0.2) is 6.54 Å². The summed E-state index contributed by atoms with van der Waals surface area (Å²) in [5.74, 6) is -0.164. The van der Waals surface area contributed by atoms with Crippen LogP contribution in [0.5, 0.6) is 0 Å². The van der Waals surface area contributed by atoms with E-state index in [0.29, 0.717) is 6.54 Å². The van der Waals surface area contributed by atoms with Gasteiger partial charge < -0.3 is 5.73 Å². The number of hydrogen-bond acceptors (Lipinski definition) is 1. The van der Waals surface area contributed by atoms with Crippen LogP contribution < -0.4 is 5.73 Å². The lowest BCUT2D eigenvalue weighted by molar-refractivity contribution is 0.306. The third-order valence-electron chi connectivity index (χ3n) is 3.67. The van der Waals surface area contributed by atoms with Gasteiger partial charge in [-0.05, 0) is 55.0 Å². The average Bonchev–Trinajstić information content (AvgIpc) is 2.73. The van der Waals surface area contributed by atoms with Crippen LogP contribution in [0.2, 0.25) is 0 Å².